The molecule has 0 bridgehead atoms. The van der Waals surface area contributed by atoms with Crippen LogP contribution in [0.15, 0.2) is 65.2 Å². The first kappa shape index (κ1) is 17.7. The van der Waals surface area contributed by atoms with Crippen molar-refractivity contribution in [1.82, 2.24) is 20.3 Å². The number of rotatable bonds is 6. The van der Waals surface area contributed by atoms with Gasteiger partial charge in [-0.2, -0.15) is 4.98 Å². The van der Waals surface area contributed by atoms with Gasteiger partial charge in [-0.25, -0.2) is 0 Å². The van der Waals surface area contributed by atoms with Crippen molar-refractivity contribution in [3.63, 3.8) is 0 Å². The van der Waals surface area contributed by atoms with Gasteiger partial charge in [-0.3, -0.25) is 0 Å². The lowest BCUT2D eigenvalue weighted by Gasteiger charge is -2.07. The molecular weight excluding hydrogens is 354 g/mol. The van der Waals surface area contributed by atoms with E-state index in [4.69, 9.17) is 9.26 Å². The van der Waals surface area contributed by atoms with Crippen molar-refractivity contribution in [1.29, 1.82) is 0 Å². The highest BCUT2D eigenvalue weighted by Gasteiger charge is 2.12. The van der Waals surface area contributed by atoms with Crippen molar-refractivity contribution in [3.8, 4) is 28.7 Å². The quantitative estimate of drug-likeness (QED) is 0.544. The third-order valence-electron chi connectivity index (χ3n) is 4.38. The summed E-state index contributed by atoms with van der Waals surface area (Å²) in [7, 11) is 1.62. The predicted molar refractivity (Wildman–Crippen MR) is 106 cm³/mol. The first-order valence-electron chi connectivity index (χ1n) is 8.83. The fourth-order valence-corrected chi connectivity index (χ4v) is 2.72. The number of aromatic nitrogens is 4. The maximum absolute atomic E-state index is 5.33. The van der Waals surface area contributed by atoms with E-state index in [-0.39, 0.29) is 0 Å². The zero-order valence-electron chi connectivity index (χ0n) is 15.6. The molecule has 0 fully saturated rings. The number of nitrogens with zero attached hydrogens (tertiary/aromatic N) is 4. The molecule has 0 atom stereocenters. The molecule has 2 aromatic heterocycles. The molecule has 0 aliphatic carbocycles. The van der Waals surface area contributed by atoms with Crippen LogP contribution in [0.4, 0.5) is 5.82 Å². The average molecular weight is 373 g/mol. The van der Waals surface area contributed by atoms with Crippen LogP contribution in [-0.2, 0) is 6.54 Å². The summed E-state index contributed by atoms with van der Waals surface area (Å²) < 4.78 is 10.5. The molecule has 0 amide bonds. The summed E-state index contributed by atoms with van der Waals surface area (Å²) in [5.74, 6) is 2.26. The van der Waals surface area contributed by atoms with E-state index in [1.54, 1.807) is 13.2 Å². The molecule has 0 saturated heterocycles. The molecule has 4 rings (SSSR count). The van der Waals surface area contributed by atoms with E-state index in [1.165, 1.54) is 11.1 Å². The minimum atomic E-state index is 0.323. The smallest absolute Gasteiger partial charge is 0.278 e. The van der Waals surface area contributed by atoms with E-state index in [9.17, 15) is 0 Å². The summed E-state index contributed by atoms with van der Waals surface area (Å²) in [4.78, 5) is 4.40. The van der Waals surface area contributed by atoms with Crippen LogP contribution in [0.25, 0.3) is 23.0 Å². The van der Waals surface area contributed by atoms with Gasteiger partial charge in [-0.15, -0.1) is 10.2 Å². The fraction of sp³-hybridized carbons (Fsp3) is 0.143. The Kier molecular flexibility index (Phi) is 4.97. The van der Waals surface area contributed by atoms with Crippen LogP contribution in [0.3, 0.4) is 0 Å². The lowest BCUT2D eigenvalue weighted by Crippen LogP contribution is -2.03. The molecule has 140 valence electrons. The second-order valence-electron chi connectivity index (χ2n) is 6.24. The zero-order chi connectivity index (χ0) is 19.3. The largest absolute Gasteiger partial charge is 0.497 e. The highest BCUT2D eigenvalue weighted by Crippen LogP contribution is 2.23. The number of ether oxygens (including phenoxy) is 1. The zero-order valence-corrected chi connectivity index (χ0v) is 15.6. The van der Waals surface area contributed by atoms with Crippen LogP contribution in [0, 0.1) is 6.92 Å². The van der Waals surface area contributed by atoms with Crippen LogP contribution in [0.5, 0.6) is 5.75 Å². The second kappa shape index (κ2) is 7.87. The second-order valence-corrected chi connectivity index (χ2v) is 6.24. The monoisotopic (exact) mass is 373 g/mol. The maximum atomic E-state index is 5.33. The van der Waals surface area contributed by atoms with Gasteiger partial charge in [0.2, 0.25) is 5.82 Å². The van der Waals surface area contributed by atoms with E-state index in [1.807, 2.05) is 42.5 Å². The van der Waals surface area contributed by atoms with Crippen molar-refractivity contribution in [2.24, 2.45) is 0 Å². The third kappa shape index (κ3) is 3.83. The molecule has 2 heterocycles. The van der Waals surface area contributed by atoms with Gasteiger partial charge in [0, 0.05) is 12.1 Å². The Labute approximate surface area is 162 Å². The lowest BCUT2D eigenvalue weighted by atomic mass is 10.1. The Morgan fingerprint density at radius 2 is 1.79 bits per heavy atom. The molecule has 7 nitrogen and oxygen atoms in total. The maximum Gasteiger partial charge on any atom is 0.278 e. The van der Waals surface area contributed by atoms with Gasteiger partial charge in [0.25, 0.3) is 5.89 Å². The first-order valence-corrected chi connectivity index (χ1v) is 8.83. The van der Waals surface area contributed by atoms with Crippen molar-refractivity contribution in [2.45, 2.75) is 13.5 Å². The molecule has 0 saturated carbocycles. The SMILES string of the molecule is COc1ccc(-c2noc(-c3ccc(NCc4ccccc4C)nn3)n2)cc1. The number of benzene rings is 2. The van der Waals surface area contributed by atoms with Gasteiger partial charge in [-0.1, -0.05) is 29.4 Å². The van der Waals surface area contributed by atoms with Gasteiger partial charge in [0.05, 0.1) is 7.11 Å². The van der Waals surface area contributed by atoms with E-state index >= 15 is 0 Å². The molecule has 1 N–H and O–H groups in total. The molecule has 0 radical (unpaired) electrons. The van der Waals surface area contributed by atoms with E-state index in [2.05, 4.69) is 44.7 Å². The number of anilines is 1. The van der Waals surface area contributed by atoms with Crippen LogP contribution in [0.1, 0.15) is 11.1 Å². The van der Waals surface area contributed by atoms with Crippen LogP contribution >= 0.6 is 0 Å². The summed E-state index contributed by atoms with van der Waals surface area (Å²) in [6.45, 7) is 2.77. The molecule has 0 aliphatic heterocycles. The van der Waals surface area contributed by atoms with Crippen molar-refractivity contribution >= 4 is 5.82 Å². The van der Waals surface area contributed by atoms with Crippen LogP contribution < -0.4 is 10.1 Å². The summed E-state index contributed by atoms with van der Waals surface area (Å²) in [6, 6.07) is 19.3. The van der Waals surface area contributed by atoms with Gasteiger partial charge in [-0.05, 0) is 54.4 Å². The highest BCUT2D eigenvalue weighted by atomic mass is 16.5. The van der Waals surface area contributed by atoms with E-state index in [0.29, 0.717) is 29.8 Å². The van der Waals surface area contributed by atoms with Crippen LogP contribution in [0.2, 0.25) is 0 Å². The Bertz CT molecular complexity index is 1060. The minimum absolute atomic E-state index is 0.323. The molecule has 4 aromatic rings. The topological polar surface area (TPSA) is 86.0 Å². The number of hydrogen-bond acceptors (Lipinski definition) is 7. The fourth-order valence-electron chi connectivity index (χ4n) is 2.72. The van der Waals surface area contributed by atoms with Gasteiger partial charge in [0.1, 0.15) is 11.6 Å². The molecule has 0 spiro atoms. The molecule has 0 unspecified atom stereocenters. The Balaban J connectivity index is 1.45. The molecule has 0 aliphatic rings. The van der Waals surface area contributed by atoms with Crippen molar-refractivity contribution in [3.05, 3.63) is 71.8 Å². The summed E-state index contributed by atoms with van der Waals surface area (Å²) >= 11 is 0. The van der Waals surface area contributed by atoms with E-state index < -0.39 is 0 Å². The van der Waals surface area contributed by atoms with Gasteiger partial charge < -0.3 is 14.6 Å². The number of methoxy groups -OCH3 is 1. The summed E-state index contributed by atoms with van der Waals surface area (Å²) in [5, 5.41) is 15.7. The highest BCUT2D eigenvalue weighted by molar-refractivity contribution is 5.59. The lowest BCUT2D eigenvalue weighted by molar-refractivity contribution is 0.414. The van der Waals surface area contributed by atoms with E-state index in [0.717, 1.165) is 11.3 Å². The first-order chi connectivity index (χ1) is 13.7. The van der Waals surface area contributed by atoms with Crippen LogP contribution in [-0.4, -0.2) is 27.4 Å². The van der Waals surface area contributed by atoms with Crippen molar-refractivity contribution < 1.29 is 9.26 Å². The Morgan fingerprint density at radius 3 is 2.50 bits per heavy atom. The van der Waals surface area contributed by atoms with Gasteiger partial charge in [0.15, 0.2) is 5.69 Å². The minimum Gasteiger partial charge on any atom is -0.497 e. The molecule has 2 aromatic carbocycles. The predicted octanol–water partition coefficient (Wildman–Crippen LogP) is 4.12. The molecule has 7 heteroatoms. The molecule has 28 heavy (non-hydrogen) atoms. The summed E-state index contributed by atoms with van der Waals surface area (Å²) in [6.07, 6.45) is 0. The normalized spacial score (nSPS) is 10.6. The average Bonchev–Trinajstić information content (AvgIpc) is 3.24. The van der Waals surface area contributed by atoms with Gasteiger partial charge >= 0.3 is 0 Å². The Hall–Kier alpha value is -3.74. The van der Waals surface area contributed by atoms with Crippen molar-refractivity contribution in [2.75, 3.05) is 12.4 Å². The third-order valence-corrected chi connectivity index (χ3v) is 4.38. The summed E-state index contributed by atoms with van der Waals surface area (Å²) in [5.41, 5.74) is 3.81. The number of nitrogens with one attached hydrogen (secondary N) is 1. The standard InChI is InChI=1S/C21H19N5O2/c1-14-5-3-4-6-16(14)13-22-19-12-11-18(24-25-19)21-23-20(26-28-21)15-7-9-17(27-2)10-8-15/h3-12H,13H2,1-2H3,(H,22,25). The number of hydrogen-bond donors (Lipinski definition) is 1. The molecular formula is C21H19N5O2. The number of aryl methyl sites for hydroxylation is 1. The Morgan fingerprint density at radius 1 is 0.964 bits per heavy atom.